The lowest BCUT2D eigenvalue weighted by Crippen LogP contribution is -2.27. The van der Waals surface area contributed by atoms with Crippen LogP contribution < -0.4 is 4.72 Å². The summed E-state index contributed by atoms with van der Waals surface area (Å²) in [5.41, 5.74) is 2.18. The molecule has 0 atom stereocenters. The average molecular weight is 305 g/mol. The quantitative estimate of drug-likeness (QED) is 0.892. The molecule has 2 N–H and O–H groups in total. The minimum absolute atomic E-state index is 0.184. The van der Waals surface area contributed by atoms with E-state index in [-0.39, 0.29) is 12.3 Å². The first kappa shape index (κ1) is 15.5. The summed E-state index contributed by atoms with van der Waals surface area (Å²) in [6.45, 7) is 3.81. The summed E-state index contributed by atoms with van der Waals surface area (Å²) in [4.78, 5) is 0.335. The number of aromatic hydroxyl groups is 1. The Morgan fingerprint density at radius 1 is 1.00 bits per heavy atom. The van der Waals surface area contributed by atoms with Gasteiger partial charge in [-0.15, -0.1) is 0 Å². The van der Waals surface area contributed by atoms with Gasteiger partial charge in [-0.2, -0.15) is 0 Å². The lowest BCUT2D eigenvalue weighted by Gasteiger charge is -2.12. The van der Waals surface area contributed by atoms with E-state index in [0.29, 0.717) is 11.3 Å². The van der Waals surface area contributed by atoms with E-state index in [4.69, 9.17) is 0 Å². The molecule has 0 aliphatic heterocycles. The van der Waals surface area contributed by atoms with E-state index >= 15 is 0 Å². The van der Waals surface area contributed by atoms with E-state index in [1.165, 1.54) is 0 Å². The summed E-state index contributed by atoms with van der Waals surface area (Å²) in [6.07, 6.45) is 0.441. The summed E-state index contributed by atoms with van der Waals surface area (Å²) in [7, 11) is -3.54. The second kappa shape index (κ2) is 6.28. The Morgan fingerprint density at radius 2 is 1.62 bits per heavy atom. The first-order chi connectivity index (χ1) is 9.92. The molecule has 0 spiro atoms. The van der Waals surface area contributed by atoms with Crippen LogP contribution in [0.25, 0.3) is 0 Å². The third-order valence-corrected chi connectivity index (χ3v) is 5.12. The van der Waals surface area contributed by atoms with Gasteiger partial charge in [0, 0.05) is 6.54 Å². The molecule has 2 rings (SSSR count). The Hall–Kier alpha value is -1.85. The van der Waals surface area contributed by atoms with E-state index in [0.717, 1.165) is 16.7 Å². The van der Waals surface area contributed by atoms with Crippen LogP contribution in [-0.2, 0) is 16.4 Å². The summed E-state index contributed by atoms with van der Waals surface area (Å²) in [5.74, 6) is 0.184. The fraction of sp³-hybridized carbons (Fsp3) is 0.250. The van der Waals surface area contributed by atoms with Gasteiger partial charge in [-0.3, -0.25) is 0 Å². The van der Waals surface area contributed by atoms with Gasteiger partial charge in [-0.05, 0) is 43.0 Å². The van der Waals surface area contributed by atoms with Gasteiger partial charge >= 0.3 is 0 Å². The Bertz CT molecular complexity index is 719. The van der Waals surface area contributed by atoms with Crippen molar-refractivity contribution in [2.24, 2.45) is 0 Å². The molecule has 112 valence electrons. The largest absolute Gasteiger partial charge is 0.508 e. The zero-order valence-corrected chi connectivity index (χ0v) is 12.9. The molecule has 0 bridgehead atoms. The van der Waals surface area contributed by atoms with Crippen molar-refractivity contribution in [2.45, 2.75) is 25.2 Å². The van der Waals surface area contributed by atoms with Crippen LogP contribution in [0, 0.1) is 13.8 Å². The monoisotopic (exact) mass is 305 g/mol. The Kier molecular flexibility index (Phi) is 4.65. The van der Waals surface area contributed by atoms with Crippen molar-refractivity contribution >= 4 is 10.0 Å². The lowest BCUT2D eigenvalue weighted by atomic mass is 10.1. The van der Waals surface area contributed by atoms with Gasteiger partial charge in [0.05, 0.1) is 4.90 Å². The number of hydrogen-bond acceptors (Lipinski definition) is 3. The van der Waals surface area contributed by atoms with Crippen LogP contribution in [0.2, 0.25) is 0 Å². The highest BCUT2D eigenvalue weighted by Gasteiger charge is 2.18. The number of sulfonamides is 1. The molecule has 0 saturated heterocycles. The first-order valence-electron chi connectivity index (χ1n) is 6.74. The lowest BCUT2D eigenvalue weighted by molar-refractivity contribution is 0.467. The highest BCUT2D eigenvalue weighted by molar-refractivity contribution is 7.89. The van der Waals surface area contributed by atoms with E-state index in [1.807, 2.05) is 12.1 Å². The predicted molar refractivity (Wildman–Crippen MR) is 82.9 cm³/mol. The van der Waals surface area contributed by atoms with Gasteiger partial charge in [0.25, 0.3) is 0 Å². The molecule has 0 aliphatic carbocycles. The molecule has 2 aromatic rings. The molecule has 0 saturated carbocycles. The van der Waals surface area contributed by atoms with Crippen molar-refractivity contribution in [3.8, 4) is 5.75 Å². The van der Waals surface area contributed by atoms with E-state index in [2.05, 4.69) is 4.72 Å². The number of benzene rings is 2. The van der Waals surface area contributed by atoms with Crippen molar-refractivity contribution in [3.63, 3.8) is 0 Å². The Morgan fingerprint density at radius 3 is 2.24 bits per heavy atom. The standard InChI is InChI=1S/C16H19NO3S/c1-12-6-5-7-13(2)16(12)21(19,20)17-11-10-14-8-3-4-9-15(14)18/h3-9,17-18H,10-11H2,1-2H3. The van der Waals surface area contributed by atoms with Crippen molar-refractivity contribution in [3.05, 3.63) is 59.2 Å². The molecule has 0 aromatic heterocycles. The normalized spacial score (nSPS) is 11.5. The fourth-order valence-electron chi connectivity index (χ4n) is 2.34. The summed E-state index contributed by atoms with van der Waals surface area (Å²) in [6, 6.07) is 12.3. The maximum atomic E-state index is 12.4. The van der Waals surface area contributed by atoms with Crippen LogP contribution >= 0.6 is 0 Å². The number of phenols is 1. The number of rotatable bonds is 5. The van der Waals surface area contributed by atoms with Gasteiger partial charge in [-0.25, -0.2) is 13.1 Å². The van der Waals surface area contributed by atoms with Crippen LogP contribution in [0.15, 0.2) is 47.4 Å². The molecule has 5 heteroatoms. The topological polar surface area (TPSA) is 66.4 Å². The van der Waals surface area contributed by atoms with E-state index in [1.54, 1.807) is 44.2 Å². The van der Waals surface area contributed by atoms with Crippen molar-refractivity contribution < 1.29 is 13.5 Å². The molecule has 2 aromatic carbocycles. The van der Waals surface area contributed by atoms with Crippen LogP contribution in [0.4, 0.5) is 0 Å². The molecular formula is C16H19NO3S. The summed E-state index contributed by atoms with van der Waals surface area (Å²) in [5, 5.41) is 9.67. The minimum Gasteiger partial charge on any atom is -0.508 e. The average Bonchev–Trinajstić information content (AvgIpc) is 2.40. The summed E-state index contributed by atoms with van der Waals surface area (Å²) < 4.78 is 27.3. The predicted octanol–water partition coefficient (Wildman–Crippen LogP) is 2.53. The van der Waals surface area contributed by atoms with Crippen molar-refractivity contribution in [1.29, 1.82) is 0 Å². The zero-order chi connectivity index (χ0) is 15.5. The maximum absolute atomic E-state index is 12.4. The highest BCUT2D eigenvalue weighted by atomic mass is 32.2. The minimum atomic E-state index is -3.54. The molecule has 21 heavy (non-hydrogen) atoms. The van der Waals surface area contributed by atoms with Gasteiger partial charge in [0.2, 0.25) is 10.0 Å². The first-order valence-corrected chi connectivity index (χ1v) is 8.23. The third-order valence-electron chi connectivity index (χ3n) is 3.36. The molecule has 4 nitrogen and oxygen atoms in total. The second-order valence-corrected chi connectivity index (χ2v) is 6.70. The van der Waals surface area contributed by atoms with Gasteiger partial charge in [0.15, 0.2) is 0 Å². The number of para-hydroxylation sites is 1. The van der Waals surface area contributed by atoms with E-state index in [9.17, 15) is 13.5 Å². The molecule has 0 aliphatic rings. The van der Waals surface area contributed by atoms with Gasteiger partial charge in [0.1, 0.15) is 5.75 Å². The van der Waals surface area contributed by atoms with Crippen LogP contribution in [0.1, 0.15) is 16.7 Å². The molecule has 0 fully saturated rings. The number of phenolic OH excluding ortho intramolecular Hbond substituents is 1. The molecule has 0 heterocycles. The number of aryl methyl sites for hydroxylation is 2. The maximum Gasteiger partial charge on any atom is 0.241 e. The second-order valence-electron chi connectivity index (χ2n) is 5.00. The van der Waals surface area contributed by atoms with E-state index < -0.39 is 10.0 Å². The number of nitrogens with one attached hydrogen (secondary N) is 1. The van der Waals surface area contributed by atoms with Crippen molar-refractivity contribution in [2.75, 3.05) is 6.54 Å². The van der Waals surface area contributed by atoms with Crippen LogP contribution in [0.5, 0.6) is 5.75 Å². The van der Waals surface area contributed by atoms with Crippen LogP contribution in [0.3, 0.4) is 0 Å². The number of hydrogen-bond donors (Lipinski definition) is 2. The van der Waals surface area contributed by atoms with Crippen LogP contribution in [-0.4, -0.2) is 20.1 Å². The molecule has 0 unspecified atom stereocenters. The SMILES string of the molecule is Cc1cccc(C)c1S(=O)(=O)NCCc1ccccc1O. The van der Waals surface area contributed by atoms with Gasteiger partial charge < -0.3 is 5.11 Å². The Balaban J connectivity index is 2.11. The zero-order valence-electron chi connectivity index (χ0n) is 12.1. The fourth-order valence-corrected chi connectivity index (χ4v) is 3.84. The molecule has 0 amide bonds. The van der Waals surface area contributed by atoms with Crippen molar-refractivity contribution in [1.82, 2.24) is 4.72 Å². The molecule has 0 radical (unpaired) electrons. The molecular weight excluding hydrogens is 286 g/mol. The highest BCUT2D eigenvalue weighted by Crippen LogP contribution is 2.20. The smallest absolute Gasteiger partial charge is 0.241 e. The summed E-state index contributed by atoms with van der Waals surface area (Å²) >= 11 is 0. The third kappa shape index (κ3) is 3.62. The Labute approximate surface area is 125 Å². The van der Waals surface area contributed by atoms with Gasteiger partial charge in [-0.1, -0.05) is 36.4 Å².